The lowest BCUT2D eigenvalue weighted by Crippen LogP contribution is -2.56. The fraction of sp³-hybridized carbons (Fsp3) is 0.217. The summed E-state index contributed by atoms with van der Waals surface area (Å²) in [5, 5.41) is 1.90. The Balaban J connectivity index is 1.44. The van der Waals surface area contributed by atoms with Gasteiger partial charge in [-0.1, -0.05) is 66.7 Å². The van der Waals surface area contributed by atoms with Crippen molar-refractivity contribution in [3.8, 4) is 0 Å². The van der Waals surface area contributed by atoms with Crippen molar-refractivity contribution in [1.82, 2.24) is 9.80 Å². The van der Waals surface area contributed by atoms with Crippen LogP contribution >= 0.6 is 11.3 Å². The number of rotatable bonds is 6. The van der Waals surface area contributed by atoms with Crippen molar-refractivity contribution >= 4 is 23.2 Å². The Morgan fingerprint density at radius 3 is 1.93 bits per heavy atom. The van der Waals surface area contributed by atoms with Gasteiger partial charge < -0.3 is 9.80 Å². The lowest BCUT2D eigenvalue weighted by molar-refractivity contribution is -0.141. The quantitative estimate of drug-likeness (QED) is 0.637. The van der Waals surface area contributed by atoms with Gasteiger partial charge in [0.2, 0.25) is 5.91 Å². The number of amides is 2. The molecule has 142 valence electrons. The van der Waals surface area contributed by atoms with E-state index >= 15 is 0 Å². The van der Waals surface area contributed by atoms with Crippen LogP contribution in [0.5, 0.6) is 0 Å². The van der Waals surface area contributed by atoms with Gasteiger partial charge in [-0.3, -0.25) is 9.59 Å². The molecule has 2 aromatic carbocycles. The molecule has 0 aliphatic carbocycles. The molecule has 0 atom stereocenters. The molecule has 3 aromatic rings. The Labute approximate surface area is 169 Å². The van der Waals surface area contributed by atoms with Crippen LogP contribution in [0.2, 0.25) is 0 Å². The van der Waals surface area contributed by atoms with Gasteiger partial charge in [-0.05, 0) is 22.6 Å². The molecule has 28 heavy (non-hydrogen) atoms. The number of benzene rings is 2. The van der Waals surface area contributed by atoms with Crippen molar-refractivity contribution in [3.05, 3.63) is 94.2 Å². The fourth-order valence-corrected chi connectivity index (χ4v) is 4.13. The molecule has 2 heterocycles. The zero-order chi connectivity index (χ0) is 19.3. The van der Waals surface area contributed by atoms with Crippen molar-refractivity contribution in [2.45, 2.75) is 13.1 Å². The molecule has 0 bridgehead atoms. The Kier molecular flexibility index (Phi) is 5.53. The first-order chi connectivity index (χ1) is 13.7. The molecular formula is C23H22N2O2S. The molecule has 0 radical (unpaired) electrons. The average Bonchev–Trinajstić information content (AvgIpc) is 3.23. The van der Waals surface area contributed by atoms with Gasteiger partial charge in [-0.15, -0.1) is 11.3 Å². The number of likely N-dealkylation sites (tertiary alicyclic amines) is 1. The molecule has 0 N–H and O–H groups in total. The van der Waals surface area contributed by atoms with Crippen LogP contribution in [-0.2, 0) is 17.9 Å². The number of carbonyl (C=O) groups is 2. The van der Waals surface area contributed by atoms with E-state index in [2.05, 4.69) is 0 Å². The number of nitrogens with zero attached hydrogens (tertiary/aromatic N) is 2. The van der Waals surface area contributed by atoms with Gasteiger partial charge in [0.15, 0.2) is 0 Å². The van der Waals surface area contributed by atoms with Crippen LogP contribution in [0.4, 0.5) is 0 Å². The van der Waals surface area contributed by atoms with Gasteiger partial charge in [-0.2, -0.15) is 0 Å². The molecule has 0 unspecified atom stereocenters. The molecule has 0 saturated carbocycles. The summed E-state index contributed by atoms with van der Waals surface area (Å²) in [6.45, 7) is 2.14. The summed E-state index contributed by atoms with van der Waals surface area (Å²) in [5.41, 5.74) is 2.22. The van der Waals surface area contributed by atoms with E-state index in [1.807, 2.05) is 83.1 Å². The van der Waals surface area contributed by atoms with Gasteiger partial charge in [0.25, 0.3) is 5.91 Å². The van der Waals surface area contributed by atoms with E-state index < -0.39 is 0 Å². The van der Waals surface area contributed by atoms with Gasteiger partial charge >= 0.3 is 0 Å². The number of hydrogen-bond donors (Lipinski definition) is 0. The van der Waals surface area contributed by atoms with Gasteiger partial charge in [-0.25, -0.2) is 0 Å². The molecule has 4 rings (SSSR count). The summed E-state index contributed by atoms with van der Waals surface area (Å²) in [7, 11) is 0. The van der Waals surface area contributed by atoms with Crippen molar-refractivity contribution < 1.29 is 9.59 Å². The predicted octanol–water partition coefficient (Wildman–Crippen LogP) is 4.05. The minimum absolute atomic E-state index is 0.0247. The highest BCUT2D eigenvalue weighted by atomic mass is 32.1. The zero-order valence-corrected chi connectivity index (χ0v) is 16.3. The topological polar surface area (TPSA) is 40.6 Å². The molecular weight excluding hydrogens is 368 g/mol. The number of thiophene rings is 1. The Morgan fingerprint density at radius 1 is 0.857 bits per heavy atom. The summed E-state index contributed by atoms with van der Waals surface area (Å²) >= 11 is 1.44. The highest BCUT2D eigenvalue weighted by molar-refractivity contribution is 7.12. The minimum atomic E-state index is -0.128. The molecule has 1 aromatic heterocycles. The van der Waals surface area contributed by atoms with Crippen molar-refractivity contribution in [1.29, 1.82) is 0 Å². The third-order valence-electron chi connectivity index (χ3n) is 4.99. The lowest BCUT2D eigenvalue weighted by atomic mass is 9.97. The van der Waals surface area contributed by atoms with Gasteiger partial charge in [0.05, 0.1) is 10.8 Å². The SMILES string of the molecule is O=C(c1cccs1)N1CC(C(=O)N(Cc2ccccc2)Cc2ccccc2)C1. The van der Waals surface area contributed by atoms with Crippen LogP contribution in [0, 0.1) is 5.92 Å². The lowest BCUT2D eigenvalue weighted by Gasteiger charge is -2.40. The first-order valence-corrected chi connectivity index (χ1v) is 10.3. The number of hydrogen-bond acceptors (Lipinski definition) is 3. The number of carbonyl (C=O) groups excluding carboxylic acids is 2. The van der Waals surface area contributed by atoms with Crippen LogP contribution < -0.4 is 0 Å². The van der Waals surface area contributed by atoms with E-state index in [-0.39, 0.29) is 17.7 Å². The summed E-state index contributed by atoms with van der Waals surface area (Å²) < 4.78 is 0. The first-order valence-electron chi connectivity index (χ1n) is 9.40. The molecule has 1 aliphatic rings. The van der Waals surface area contributed by atoms with Crippen LogP contribution in [-0.4, -0.2) is 34.7 Å². The maximum Gasteiger partial charge on any atom is 0.263 e. The Bertz CT molecular complexity index is 878. The minimum Gasteiger partial charge on any atom is -0.336 e. The summed E-state index contributed by atoms with van der Waals surface area (Å²) in [6, 6.07) is 23.8. The Hall–Kier alpha value is -2.92. The molecule has 2 amide bonds. The summed E-state index contributed by atoms with van der Waals surface area (Å²) in [6.07, 6.45) is 0. The first kappa shape index (κ1) is 18.4. The fourth-order valence-electron chi connectivity index (χ4n) is 3.43. The molecule has 1 saturated heterocycles. The third-order valence-corrected chi connectivity index (χ3v) is 5.85. The van der Waals surface area contributed by atoms with Crippen molar-refractivity contribution in [3.63, 3.8) is 0 Å². The third kappa shape index (κ3) is 4.15. The predicted molar refractivity (Wildman–Crippen MR) is 111 cm³/mol. The van der Waals surface area contributed by atoms with E-state index in [1.54, 1.807) is 4.90 Å². The van der Waals surface area contributed by atoms with Crippen molar-refractivity contribution in [2.75, 3.05) is 13.1 Å². The molecule has 0 spiro atoms. The van der Waals surface area contributed by atoms with Gasteiger partial charge in [0, 0.05) is 26.2 Å². The molecule has 5 heteroatoms. The summed E-state index contributed by atoms with van der Waals surface area (Å²) in [4.78, 5) is 30.0. The molecule has 4 nitrogen and oxygen atoms in total. The van der Waals surface area contributed by atoms with Crippen LogP contribution in [0.15, 0.2) is 78.2 Å². The maximum atomic E-state index is 13.2. The average molecular weight is 391 g/mol. The maximum absolute atomic E-state index is 13.2. The van der Waals surface area contributed by atoms with E-state index in [0.717, 1.165) is 16.0 Å². The zero-order valence-electron chi connectivity index (χ0n) is 15.5. The highest BCUT2D eigenvalue weighted by Crippen LogP contribution is 2.24. The van der Waals surface area contributed by atoms with Crippen LogP contribution in [0.25, 0.3) is 0 Å². The standard InChI is InChI=1S/C23H22N2O2S/c26-22(20-16-25(17-20)23(27)21-12-7-13-28-21)24(14-18-8-3-1-4-9-18)15-19-10-5-2-6-11-19/h1-13,20H,14-17H2. The second-order valence-electron chi connectivity index (χ2n) is 7.05. The largest absolute Gasteiger partial charge is 0.336 e. The monoisotopic (exact) mass is 390 g/mol. The van der Waals surface area contributed by atoms with E-state index in [9.17, 15) is 9.59 Å². The smallest absolute Gasteiger partial charge is 0.263 e. The van der Waals surface area contributed by atoms with E-state index in [0.29, 0.717) is 26.2 Å². The summed E-state index contributed by atoms with van der Waals surface area (Å²) in [5.74, 6) is 0.0102. The second kappa shape index (κ2) is 8.40. The van der Waals surface area contributed by atoms with E-state index in [1.165, 1.54) is 11.3 Å². The van der Waals surface area contributed by atoms with Crippen LogP contribution in [0.3, 0.4) is 0 Å². The van der Waals surface area contributed by atoms with E-state index in [4.69, 9.17) is 0 Å². The second-order valence-corrected chi connectivity index (χ2v) is 8.00. The normalized spacial score (nSPS) is 13.8. The molecule has 1 fully saturated rings. The van der Waals surface area contributed by atoms with Crippen molar-refractivity contribution in [2.24, 2.45) is 5.92 Å². The highest BCUT2D eigenvalue weighted by Gasteiger charge is 2.38. The van der Waals surface area contributed by atoms with Crippen LogP contribution in [0.1, 0.15) is 20.8 Å². The van der Waals surface area contributed by atoms with Gasteiger partial charge in [0.1, 0.15) is 0 Å². The Morgan fingerprint density at radius 2 is 1.43 bits per heavy atom. The molecule has 1 aliphatic heterocycles.